The van der Waals surface area contributed by atoms with Gasteiger partial charge in [-0.3, -0.25) is 0 Å². The number of benzene rings is 2. The van der Waals surface area contributed by atoms with E-state index in [1.165, 1.54) is 41.5 Å². The molecule has 1 atom stereocenters. The number of hydrogen-bond donors (Lipinski definition) is 0. The quantitative estimate of drug-likeness (QED) is 0.416. The van der Waals surface area contributed by atoms with Crippen molar-refractivity contribution in [2.24, 2.45) is 11.8 Å². The van der Waals surface area contributed by atoms with Gasteiger partial charge >= 0.3 is 0 Å². The molecule has 0 radical (unpaired) electrons. The summed E-state index contributed by atoms with van der Waals surface area (Å²) in [6, 6.07) is 15.1. The number of aryl methyl sites for hydroxylation is 1. The molecule has 0 amide bonds. The van der Waals surface area contributed by atoms with E-state index in [0.717, 1.165) is 30.6 Å². The third-order valence-electron chi connectivity index (χ3n) is 5.08. The molecule has 0 aliphatic carbocycles. The Bertz CT molecular complexity index is 709. The van der Waals surface area contributed by atoms with Gasteiger partial charge in [0.05, 0.1) is 6.61 Å². The Kier molecular flexibility index (Phi) is 8.64. The fraction of sp³-hybridized carbons (Fsp3) is 0.462. The SMILES string of the molecule is CC=Cc1ccc(C)cc1-c1ccc(OCCC(C)CCCC(C)C)cc1. The zero-order chi connectivity index (χ0) is 19.6. The average Bonchev–Trinajstić information content (AvgIpc) is 2.64. The Morgan fingerprint density at radius 1 is 0.926 bits per heavy atom. The maximum Gasteiger partial charge on any atom is 0.119 e. The van der Waals surface area contributed by atoms with Crippen LogP contribution in [0.1, 0.15) is 64.5 Å². The summed E-state index contributed by atoms with van der Waals surface area (Å²) >= 11 is 0. The van der Waals surface area contributed by atoms with Crippen molar-refractivity contribution in [1.29, 1.82) is 0 Å². The maximum absolute atomic E-state index is 5.98. The summed E-state index contributed by atoms with van der Waals surface area (Å²) in [5.74, 6) is 2.51. The Balaban J connectivity index is 1.90. The molecule has 2 aromatic rings. The molecule has 27 heavy (non-hydrogen) atoms. The minimum Gasteiger partial charge on any atom is -0.494 e. The van der Waals surface area contributed by atoms with Crippen molar-refractivity contribution in [2.45, 2.75) is 60.3 Å². The second-order valence-corrected chi connectivity index (χ2v) is 8.18. The van der Waals surface area contributed by atoms with Crippen molar-refractivity contribution in [1.82, 2.24) is 0 Å². The summed E-state index contributed by atoms with van der Waals surface area (Å²) in [5, 5.41) is 0. The van der Waals surface area contributed by atoms with Crippen molar-refractivity contribution >= 4 is 6.08 Å². The molecule has 2 rings (SSSR count). The second kappa shape index (κ2) is 11.0. The van der Waals surface area contributed by atoms with Gasteiger partial charge in [-0.05, 0) is 60.9 Å². The lowest BCUT2D eigenvalue weighted by Crippen LogP contribution is -2.04. The Hall–Kier alpha value is -2.02. The summed E-state index contributed by atoms with van der Waals surface area (Å²) in [6.07, 6.45) is 9.36. The molecular weight excluding hydrogens is 328 g/mol. The first-order valence-electron chi connectivity index (χ1n) is 10.5. The number of rotatable bonds is 10. The highest BCUT2D eigenvalue weighted by Crippen LogP contribution is 2.28. The number of hydrogen-bond acceptors (Lipinski definition) is 1. The summed E-state index contributed by atoms with van der Waals surface area (Å²) in [5.41, 5.74) is 5.05. The molecular formula is C26H36O. The Labute approximate surface area is 166 Å². The van der Waals surface area contributed by atoms with Gasteiger partial charge < -0.3 is 4.74 Å². The van der Waals surface area contributed by atoms with E-state index in [2.05, 4.69) is 89.2 Å². The van der Waals surface area contributed by atoms with Crippen LogP contribution in [-0.4, -0.2) is 6.61 Å². The highest BCUT2D eigenvalue weighted by molar-refractivity contribution is 5.76. The van der Waals surface area contributed by atoms with Crippen LogP contribution in [0.3, 0.4) is 0 Å². The Morgan fingerprint density at radius 2 is 1.67 bits per heavy atom. The van der Waals surface area contributed by atoms with E-state index in [0.29, 0.717) is 0 Å². The first kappa shape index (κ1) is 21.3. The van der Waals surface area contributed by atoms with E-state index in [9.17, 15) is 0 Å². The maximum atomic E-state index is 5.98. The van der Waals surface area contributed by atoms with Crippen LogP contribution in [0.5, 0.6) is 5.75 Å². The van der Waals surface area contributed by atoms with Crippen molar-refractivity contribution in [3.8, 4) is 16.9 Å². The first-order valence-corrected chi connectivity index (χ1v) is 10.5. The summed E-state index contributed by atoms with van der Waals surface area (Å²) in [6.45, 7) is 11.9. The van der Waals surface area contributed by atoms with Crippen molar-refractivity contribution in [3.63, 3.8) is 0 Å². The highest BCUT2D eigenvalue weighted by atomic mass is 16.5. The lowest BCUT2D eigenvalue weighted by atomic mass is 9.97. The molecule has 0 spiro atoms. The molecule has 0 saturated carbocycles. The van der Waals surface area contributed by atoms with Crippen LogP contribution in [0.15, 0.2) is 48.5 Å². The average molecular weight is 365 g/mol. The highest BCUT2D eigenvalue weighted by Gasteiger charge is 2.06. The van der Waals surface area contributed by atoms with Gasteiger partial charge in [-0.25, -0.2) is 0 Å². The molecule has 0 aliphatic rings. The molecule has 0 aromatic heterocycles. The van der Waals surface area contributed by atoms with Crippen molar-refractivity contribution < 1.29 is 4.74 Å². The van der Waals surface area contributed by atoms with E-state index >= 15 is 0 Å². The molecule has 1 heteroatoms. The van der Waals surface area contributed by atoms with E-state index in [1.54, 1.807) is 0 Å². The van der Waals surface area contributed by atoms with Crippen LogP contribution in [0.4, 0.5) is 0 Å². The predicted octanol–water partition coefficient (Wildman–Crippen LogP) is 7.93. The molecule has 0 fully saturated rings. The zero-order valence-corrected chi connectivity index (χ0v) is 17.8. The van der Waals surface area contributed by atoms with Crippen LogP contribution in [0.2, 0.25) is 0 Å². The summed E-state index contributed by atoms with van der Waals surface area (Å²) in [4.78, 5) is 0. The molecule has 0 N–H and O–H groups in total. The fourth-order valence-corrected chi connectivity index (χ4v) is 3.37. The van der Waals surface area contributed by atoms with Gasteiger partial charge in [0.15, 0.2) is 0 Å². The van der Waals surface area contributed by atoms with E-state index in [1.807, 2.05) is 0 Å². The van der Waals surface area contributed by atoms with Gasteiger partial charge in [0.25, 0.3) is 0 Å². The molecule has 0 bridgehead atoms. The third kappa shape index (κ3) is 7.25. The van der Waals surface area contributed by atoms with Gasteiger partial charge in [0, 0.05) is 0 Å². The van der Waals surface area contributed by atoms with Crippen molar-refractivity contribution in [3.05, 3.63) is 59.7 Å². The second-order valence-electron chi connectivity index (χ2n) is 8.18. The van der Waals surface area contributed by atoms with Gasteiger partial charge in [-0.15, -0.1) is 0 Å². The smallest absolute Gasteiger partial charge is 0.119 e. The first-order chi connectivity index (χ1) is 13.0. The van der Waals surface area contributed by atoms with Crippen LogP contribution in [0.25, 0.3) is 17.2 Å². The lowest BCUT2D eigenvalue weighted by Gasteiger charge is -2.14. The minimum absolute atomic E-state index is 0.735. The van der Waals surface area contributed by atoms with Crippen LogP contribution in [0, 0.1) is 18.8 Å². The topological polar surface area (TPSA) is 9.23 Å². The van der Waals surface area contributed by atoms with E-state index in [-0.39, 0.29) is 0 Å². The lowest BCUT2D eigenvalue weighted by molar-refractivity contribution is 0.276. The normalized spacial score (nSPS) is 12.7. The molecule has 2 aromatic carbocycles. The van der Waals surface area contributed by atoms with Crippen molar-refractivity contribution in [2.75, 3.05) is 6.61 Å². The van der Waals surface area contributed by atoms with Gasteiger partial charge in [0.2, 0.25) is 0 Å². The van der Waals surface area contributed by atoms with E-state index < -0.39 is 0 Å². The molecule has 1 unspecified atom stereocenters. The third-order valence-corrected chi connectivity index (χ3v) is 5.08. The van der Waals surface area contributed by atoms with E-state index in [4.69, 9.17) is 4.74 Å². The van der Waals surface area contributed by atoms with Crippen LogP contribution < -0.4 is 4.74 Å². The molecule has 0 heterocycles. The molecule has 146 valence electrons. The molecule has 0 saturated heterocycles. The van der Waals surface area contributed by atoms with Crippen LogP contribution in [-0.2, 0) is 0 Å². The van der Waals surface area contributed by atoms with Gasteiger partial charge in [0.1, 0.15) is 5.75 Å². The standard InChI is InChI=1S/C26H36O/c1-6-8-23-12-11-22(5)19-26(23)24-13-15-25(16-14-24)27-18-17-21(4)10-7-9-20(2)3/h6,8,11-16,19-21H,7,9-10,17-18H2,1-5H3. The fourth-order valence-electron chi connectivity index (χ4n) is 3.37. The molecule has 1 nitrogen and oxygen atoms in total. The summed E-state index contributed by atoms with van der Waals surface area (Å²) in [7, 11) is 0. The number of ether oxygens (including phenoxy) is 1. The zero-order valence-electron chi connectivity index (χ0n) is 17.8. The molecule has 0 aliphatic heterocycles. The van der Waals surface area contributed by atoms with Gasteiger partial charge in [-0.2, -0.15) is 0 Å². The Morgan fingerprint density at radius 3 is 2.33 bits per heavy atom. The summed E-state index contributed by atoms with van der Waals surface area (Å²) < 4.78 is 5.98. The van der Waals surface area contributed by atoms with Gasteiger partial charge in [-0.1, -0.05) is 88.1 Å². The monoisotopic (exact) mass is 364 g/mol. The predicted molar refractivity (Wildman–Crippen MR) is 119 cm³/mol. The number of allylic oxidation sites excluding steroid dienone is 1. The van der Waals surface area contributed by atoms with Crippen LogP contribution >= 0.6 is 0 Å². The largest absolute Gasteiger partial charge is 0.494 e. The minimum atomic E-state index is 0.735.